The second kappa shape index (κ2) is 7.57. The fourth-order valence-corrected chi connectivity index (χ4v) is 3.08. The smallest absolute Gasteiger partial charge is 0.387 e. The molecule has 8 heteroatoms. The van der Waals surface area contributed by atoms with Crippen molar-refractivity contribution in [1.82, 2.24) is 10.2 Å². The van der Waals surface area contributed by atoms with Gasteiger partial charge in [0.25, 0.3) is 0 Å². The van der Waals surface area contributed by atoms with Crippen LogP contribution < -0.4 is 10.1 Å². The van der Waals surface area contributed by atoms with Crippen LogP contribution in [0.4, 0.5) is 8.78 Å². The van der Waals surface area contributed by atoms with Gasteiger partial charge in [0.05, 0.1) is 18.7 Å². The summed E-state index contributed by atoms with van der Waals surface area (Å²) < 4.78 is 34.8. The van der Waals surface area contributed by atoms with Crippen LogP contribution in [0, 0.1) is 0 Å². The number of esters is 1. The standard InChI is InChI=1S/C16H18F2N2O3S/c1-4-20-9(2)12(14(21)22-3)13(19-16(20)24)10-7-5-6-8-11(10)23-15(17)18/h5-8,13,15H,4H2,1-3H3,(H,19,24)/t13-/m0/s1. The third-order valence-electron chi connectivity index (χ3n) is 3.76. The molecular formula is C16H18F2N2O3S. The zero-order chi connectivity index (χ0) is 17.9. The SMILES string of the molecule is CCN1C(=S)N[C@@H](c2ccccc2OC(F)F)C(C(=O)OC)=C1C. The van der Waals surface area contributed by atoms with Crippen molar-refractivity contribution in [2.24, 2.45) is 0 Å². The van der Waals surface area contributed by atoms with Gasteiger partial charge in [0, 0.05) is 17.8 Å². The minimum Gasteiger partial charge on any atom is -0.466 e. The molecule has 1 aromatic carbocycles. The number of alkyl halides is 2. The Labute approximate surface area is 144 Å². The molecule has 0 aliphatic carbocycles. The van der Waals surface area contributed by atoms with Gasteiger partial charge in [-0.05, 0) is 32.1 Å². The van der Waals surface area contributed by atoms with Gasteiger partial charge in [0.2, 0.25) is 0 Å². The largest absolute Gasteiger partial charge is 0.466 e. The second-order valence-corrected chi connectivity index (χ2v) is 5.42. The molecule has 1 aliphatic heterocycles. The number of carbonyl (C=O) groups is 1. The average molecular weight is 356 g/mol. The van der Waals surface area contributed by atoms with Gasteiger partial charge < -0.3 is 19.7 Å². The van der Waals surface area contributed by atoms with Gasteiger partial charge in [0.15, 0.2) is 5.11 Å². The minimum atomic E-state index is -2.97. The number of para-hydroxylation sites is 1. The van der Waals surface area contributed by atoms with Crippen LogP contribution in [-0.4, -0.2) is 36.2 Å². The number of hydrogen-bond donors (Lipinski definition) is 1. The molecule has 1 aromatic rings. The fourth-order valence-electron chi connectivity index (χ4n) is 2.69. The summed E-state index contributed by atoms with van der Waals surface area (Å²) in [7, 11) is 1.27. The first kappa shape index (κ1) is 18.1. The lowest BCUT2D eigenvalue weighted by Crippen LogP contribution is -2.47. The Bertz CT molecular complexity index is 679. The Morgan fingerprint density at radius 1 is 1.42 bits per heavy atom. The zero-order valence-electron chi connectivity index (χ0n) is 13.5. The van der Waals surface area contributed by atoms with Gasteiger partial charge in [-0.2, -0.15) is 8.78 Å². The summed E-state index contributed by atoms with van der Waals surface area (Å²) >= 11 is 5.33. The summed E-state index contributed by atoms with van der Waals surface area (Å²) in [5.74, 6) is -0.579. The van der Waals surface area contributed by atoms with E-state index < -0.39 is 18.6 Å². The molecule has 1 N–H and O–H groups in total. The van der Waals surface area contributed by atoms with Crippen LogP contribution >= 0.6 is 12.2 Å². The number of benzene rings is 1. The molecule has 1 heterocycles. The van der Waals surface area contributed by atoms with Crippen molar-refractivity contribution in [1.29, 1.82) is 0 Å². The maximum absolute atomic E-state index is 12.7. The number of thiocarbonyl (C=S) groups is 1. The number of rotatable bonds is 5. The normalized spacial score (nSPS) is 17.8. The van der Waals surface area contributed by atoms with E-state index in [2.05, 4.69) is 10.1 Å². The predicted molar refractivity (Wildman–Crippen MR) is 88.6 cm³/mol. The van der Waals surface area contributed by atoms with E-state index in [-0.39, 0.29) is 5.75 Å². The van der Waals surface area contributed by atoms with Gasteiger partial charge in [-0.25, -0.2) is 4.79 Å². The predicted octanol–water partition coefficient (Wildman–Crippen LogP) is 2.99. The Hall–Kier alpha value is -2.22. The van der Waals surface area contributed by atoms with Crippen molar-refractivity contribution in [3.8, 4) is 5.75 Å². The molecule has 2 rings (SSSR count). The first-order chi connectivity index (χ1) is 11.4. The van der Waals surface area contributed by atoms with Crippen LogP contribution in [0.3, 0.4) is 0 Å². The summed E-state index contributed by atoms with van der Waals surface area (Å²) in [4.78, 5) is 14.0. The number of nitrogens with zero attached hydrogens (tertiary/aromatic N) is 1. The van der Waals surface area contributed by atoms with Crippen LogP contribution in [0.2, 0.25) is 0 Å². The van der Waals surface area contributed by atoms with Crippen LogP contribution in [0.25, 0.3) is 0 Å². The molecule has 0 fully saturated rings. The lowest BCUT2D eigenvalue weighted by Gasteiger charge is -2.37. The monoisotopic (exact) mass is 356 g/mol. The number of ether oxygens (including phenoxy) is 2. The highest BCUT2D eigenvalue weighted by atomic mass is 32.1. The van der Waals surface area contributed by atoms with E-state index in [1.807, 2.05) is 6.92 Å². The first-order valence-corrected chi connectivity index (χ1v) is 7.72. The maximum Gasteiger partial charge on any atom is 0.387 e. The van der Waals surface area contributed by atoms with Crippen molar-refractivity contribution < 1.29 is 23.0 Å². The van der Waals surface area contributed by atoms with Crippen LogP contribution in [-0.2, 0) is 9.53 Å². The van der Waals surface area contributed by atoms with Gasteiger partial charge in [-0.3, -0.25) is 0 Å². The number of nitrogens with one attached hydrogen (secondary N) is 1. The summed E-state index contributed by atoms with van der Waals surface area (Å²) in [6.07, 6.45) is 0. The molecular weight excluding hydrogens is 338 g/mol. The fraction of sp³-hybridized carbons (Fsp3) is 0.375. The Morgan fingerprint density at radius 3 is 2.67 bits per heavy atom. The van der Waals surface area contributed by atoms with Crippen LogP contribution in [0.15, 0.2) is 35.5 Å². The van der Waals surface area contributed by atoms with Gasteiger partial charge in [-0.1, -0.05) is 18.2 Å². The molecule has 0 spiro atoms. The quantitative estimate of drug-likeness (QED) is 0.647. The highest BCUT2D eigenvalue weighted by Crippen LogP contribution is 2.36. The van der Waals surface area contributed by atoms with E-state index in [9.17, 15) is 13.6 Å². The lowest BCUT2D eigenvalue weighted by atomic mass is 9.94. The van der Waals surface area contributed by atoms with Gasteiger partial charge in [0.1, 0.15) is 5.75 Å². The summed E-state index contributed by atoms with van der Waals surface area (Å²) in [6, 6.07) is 5.55. The Morgan fingerprint density at radius 2 is 2.08 bits per heavy atom. The molecule has 0 bridgehead atoms. The number of hydrogen-bond acceptors (Lipinski definition) is 4. The third-order valence-corrected chi connectivity index (χ3v) is 4.10. The molecule has 1 aliphatic rings. The molecule has 0 saturated heterocycles. The number of halogens is 2. The number of allylic oxidation sites excluding steroid dienone is 1. The maximum atomic E-state index is 12.7. The van der Waals surface area contributed by atoms with E-state index in [1.54, 1.807) is 30.0 Å². The topological polar surface area (TPSA) is 50.8 Å². The van der Waals surface area contributed by atoms with Crippen molar-refractivity contribution in [3.05, 3.63) is 41.1 Å². The third kappa shape index (κ3) is 3.48. The second-order valence-electron chi connectivity index (χ2n) is 5.03. The molecule has 5 nitrogen and oxygen atoms in total. The van der Waals surface area contributed by atoms with Crippen LogP contribution in [0.5, 0.6) is 5.75 Å². The van der Waals surface area contributed by atoms with E-state index in [0.29, 0.717) is 28.5 Å². The van der Waals surface area contributed by atoms with Crippen molar-refractivity contribution in [2.75, 3.05) is 13.7 Å². The first-order valence-electron chi connectivity index (χ1n) is 7.31. The Kier molecular flexibility index (Phi) is 5.71. The molecule has 0 saturated carbocycles. The molecule has 130 valence electrons. The molecule has 0 amide bonds. The van der Waals surface area contributed by atoms with E-state index in [0.717, 1.165) is 0 Å². The van der Waals surface area contributed by atoms with Gasteiger partial charge >= 0.3 is 12.6 Å². The zero-order valence-corrected chi connectivity index (χ0v) is 14.3. The summed E-state index contributed by atoms with van der Waals surface area (Å²) in [5, 5.41) is 3.42. The van der Waals surface area contributed by atoms with Crippen molar-refractivity contribution in [2.45, 2.75) is 26.5 Å². The number of methoxy groups -OCH3 is 1. The van der Waals surface area contributed by atoms with E-state index in [4.69, 9.17) is 17.0 Å². The van der Waals surface area contributed by atoms with E-state index in [1.165, 1.54) is 13.2 Å². The average Bonchev–Trinajstić information content (AvgIpc) is 2.54. The molecule has 0 radical (unpaired) electrons. The van der Waals surface area contributed by atoms with Gasteiger partial charge in [-0.15, -0.1) is 0 Å². The summed E-state index contributed by atoms with van der Waals surface area (Å²) in [6.45, 7) is 1.22. The molecule has 0 aromatic heterocycles. The highest BCUT2D eigenvalue weighted by molar-refractivity contribution is 7.80. The number of carbonyl (C=O) groups excluding carboxylic acids is 1. The lowest BCUT2D eigenvalue weighted by molar-refractivity contribution is -0.136. The summed E-state index contributed by atoms with van der Waals surface area (Å²) in [5.41, 5.74) is 1.30. The van der Waals surface area contributed by atoms with Crippen molar-refractivity contribution in [3.63, 3.8) is 0 Å². The van der Waals surface area contributed by atoms with E-state index >= 15 is 0 Å². The Balaban J connectivity index is 2.58. The van der Waals surface area contributed by atoms with Crippen molar-refractivity contribution >= 4 is 23.3 Å². The van der Waals surface area contributed by atoms with Crippen LogP contribution in [0.1, 0.15) is 25.5 Å². The molecule has 24 heavy (non-hydrogen) atoms. The minimum absolute atomic E-state index is 0.0213. The molecule has 0 unspecified atom stereocenters. The molecule has 1 atom stereocenters. The highest BCUT2D eigenvalue weighted by Gasteiger charge is 2.35.